The van der Waals surface area contributed by atoms with E-state index in [4.69, 9.17) is 0 Å². The Labute approximate surface area is 111 Å². The summed E-state index contributed by atoms with van der Waals surface area (Å²) in [4.78, 5) is 20.3. The molecule has 0 N–H and O–H groups in total. The van der Waals surface area contributed by atoms with Gasteiger partial charge in [0, 0.05) is 17.6 Å². The van der Waals surface area contributed by atoms with Gasteiger partial charge in [-0.25, -0.2) is 0 Å². The molecule has 94 valence electrons. The van der Waals surface area contributed by atoms with E-state index in [0.717, 1.165) is 10.6 Å². The van der Waals surface area contributed by atoms with Crippen LogP contribution < -0.4 is 0 Å². The van der Waals surface area contributed by atoms with Gasteiger partial charge < -0.3 is 0 Å². The highest BCUT2D eigenvalue weighted by atomic mass is 32.1. The van der Waals surface area contributed by atoms with E-state index in [1.54, 1.807) is 17.5 Å². The van der Waals surface area contributed by atoms with Gasteiger partial charge in [0.2, 0.25) is 0 Å². The summed E-state index contributed by atoms with van der Waals surface area (Å²) in [6.45, 7) is 3.13. The van der Waals surface area contributed by atoms with Crippen molar-refractivity contribution in [2.24, 2.45) is 0 Å². The third-order valence-corrected chi connectivity index (χ3v) is 3.63. The molecule has 0 spiro atoms. The molecule has 0 amide bonds. The number of carbonyl (C=O) groups is 1. The molecule has 0 aliphatic rings. The van der Waals surface area contributed by atoms with Gasteiger partial charge in [0.15, 0.2) is 5.78 Å². The number of thiophene rings is 1. The van der Waals surface area contributed by atoms with Gasteiger partial charge in [0.1, 0.15) is 0 Å². The third-order valence-electron chi connectivity index (χ3n) is 2.59. The lowest BCUT2D eigenvalue weighted by Gasteiger charge is -2.14. The van der Waals surface area contributed by atoms with Crippen LogP contribution in [-0.2, 0) is 6.54 Å². The van der Waals surface area contributed by atoms with Gasteiger partial charge >= 0.3 is 0 Å². The lowest BCUT2D eigenvalue weighted by molar-refractivity contribution is 0.0946. The van der Waals surface area contributed by atoms with Crippen LogP contribution in [0.15, 0.2) is 36.5 Å². The van der Waals surface area contributed by atoms with Gasteiger partial charge in [-0.05, 0) is 38.2 Å². The standard InChI is InChI=1S/C14H16N2OS/c1-11-6-7-14(18-11)13(17)10-16(2)9-12-5-3-4-8-15-12/h3-8H,9-10H2,1-2H3. The second-order valence-electron chi connectivity index (χ2n) is 4.33. The highest BCUT2D eigenvalue weighted by molar-refractivity contribution is 7.14. The Hall–Kier alpha value is -1.52. The Morgan fingerprint density at radius 2 is 2.17 bits per heavy atom. The first kappa shape index (κ1) is 12.9. The highest BCUT2D eigenvalue weighted by Crippen LogP contribution is 2.16. The van der Waals surface area contributed by atoms with Crippen LogP contribution in [0.25, 0.3) is 0 Å². The van der Waals surface area contributed by atoms with Crippen molar-refractivity contribution in [1.29, 1.82) is 0 Å². The van der Waals surface area contributed by atoms with Crippen molar-refractivity contribution in [3.05, 3.63) is 52.0 Å². The summed E-state index contributed by atoms with van der Waals surface area (Å²) < 4.78 is 0. The molecule has 0 saturated heterocycles. The van der Waals surface area contributed by atoms with Crippen LogP contribution in [-0.4, -0.2) is 29.3 Å². The number of aryl methyl sites for hydroxylation is 1. The monoisotopic (exact) mass is 260 g/mol. The molecule has 4 heteroatoms. The average molecular weight is 260 g/mol. The quantitative estimate of drug-likeness (QED) is 0.775. The van der Waals surface area contributed by atoms with Gasteiger partial charge in [-0.3, -0.25) is 14.7 Å². The maximum atomic E-state index is 12.0. The second-order valence-corrected chi connectivity index (χ2v) is 5.61. The van der Waals surface area contributed by atoms with Crippen molar-refractivity contribution in [2.75, 3.05) is 13.6 Å². The summed E-state index contributed by atoms with van der Waals surface area (Å²) in [6, 6.07) is 9.70. The third kappa shape index (κ3) is 3.48. The van der Waals surface area contributed by atoms with E-state index in [-0.39, 0.29) is 5.78 Å². The molecular weight excluding hydrogens is 244 g/mol. The Bertz CT molecular complexity index is 522. The lowest BCUT2D eigenvalue weighted by atomic mass is 10.3. The normalized spacial score (nSPS) is 10.8. The molecule has 0 fully saturated rings. The molecule has 0 radical (unpaired) electrons. The fourth-order valence-corrected chi connectivity index (χ4v) is 2.53. The molecule has 2 aromatic rings. The fourth-order valence-electron chi connectivity index (χ4n) is 1.73. The largest absolute Gasteiger partial charge is 0.293 e. The molecular formula is C14H16N2OS. The minimum Gasteiger partial charge on any atom is -0.293 e. The zero-order valence-corrected chi connectivity index (χ0v) is 11.4. The summed E-state index contributed by atoms with van der Waals surface area (Å²) in [5, 5.41) is 0. The van der Waals surface area contributed by atoms with E-state index in [0.29, 0.717) is 13.1 Å². The summed E-state index contributed by atoms with van der Waals surface area (Å²) in [5.41, 5.74) is 0.982. The first-order chi connectivity index (χ1) is 8.65. The average Bonchev–Trinajstić information content (AvgIpc) is 2.77. The molecule has 2 aromatic heterocycles. The van der Waals surface area contributed by atoms with Gasteiger partial charge in [-0.2, -0.15) is 0 Å². The lowest BCUT2D eigenvalue weighted by Crippen LogP contribution is -2.25. The van der Waals surface area contributed by atoms with Crippen LogP contribution in [0, 0.1) is 6.92 Å². The maximum Gasteiger partial charge on any atom is 0.186 e. The number of ketones is 1. The fraction of sp³-hybridized carbons (Fsp3) is 0.286. The highest BCUT2D eigenvalue weighted by Gasteiger charge is 2.11. The molecule has 18 heavy (non-hydrogen) atoms. The van der Waals surface area contributed by atoms with E-state index in [1.807, 2.05) is 49.2 Å². The van der Waals surface area contributed by atoms with Crippen LogP contribution in [0.5, 0.6) is 0 Å². The minimum absolute atomic E-state index is 0.173. The summed E-state index contributed by atoms with van der Waals surface area (Å²) >= 11 is 1.55. The molecule has 0 bridgehead atoms. The van der Waals surface area contributed by atoms with Crippen LogP contribution in [0.4, 0.5) is 0 Å². The number of carbonyl (C=O) groups excluding carboxylic acids is 1. The van der Waals surface area contributed by atoms with Gasteiger partial charge in [0.25, 0.3) is 0 Å². The first-order valence-electron chi connectivity index (χ1n) is 5.83. The molecule has 0 unspecified atom stereocenters. The van der Waals surface area contributed by atoms with Crippen LogP contribution in [0.2, 0.25) is 0 Å². The summed E-state index contributed by atoms with van der Waals surface area (Å²) in [6.07, 6.45) is 1.77. The Morgan fingerprint density at radius 1 is 1.33 bits per heavy atom. The number of Topliss-reactive ketones (excluding diaryl/α,β-unsaturated/α-hetero) is 1. The molecule has 2 heterocycles. The number of hydrogen-bond acceptors (Lipinski definition) is 4. The molecule has 0 saturated carbocycles. The Balaban J connectivity index is 1.92. The number of hydrogen-bond donors (Lipinski definition) is 0. The van der Waals surface area contributed by atoms with Crippen molar-refractivity contribution in [3.63, 3.8) is 0 Å². The van der Waals surface area contributed by atoms with E-state index in [2.05, 4.69) is 4.98 Å². The Kier molecular flexibility index (Phi) is 4.23. The summed E-state index contributed by atoms with van der Waals surface area (Å²) in [5.74, 6) is 0.173. The predicted molar refractivity (Wildman–Crippen MR) is 74.0 cm³/mol. The van der Waals surface area contributed by atoms with Crippen LogP contribution >= 0.6 is 11.3 Å². The minimum atomic E-state index is 0.173. The van der Waals surface area contributed by atoms with Gasteiger partial charge in [0.05, 0.1) is 17.1 Å². The topological polar surface area (TPSA) is 33.2 Å². The zero-order chi connectivity index (χ0) is 13.0. The zero-order valence-electron chi connectivity index (χ0n) is 10.6. The van der Waals surface area contributed by atoms with Crippen molar-refractivity contribution >= 4 is 17.1 Å². The summed E-state index contributed by atoms with van der Waals surface area (Å²) in [7, 11) is 1.94. The maximum absolute atomic E-state index is 12.0. The number of nitrogens with zero attached hydrogens (tertiary/aromatic N) is 2. The SMILES string of the molecule is Cc1ccc(C(=O)CN(C)Cc2ccccn2)s1. The van der Waals surface area contributed by atoms with Crippen molar-refractivity contribution in [2.45, 2.75) is 13.5 Å². The molecule has 0 aromatic carbocycles. The van der Waals surface area contributed by atoms with Crippen molar-refractivity contribution < 1.29 is 4.79 Å². The Morgan fingerprint density at radius 3 is 2.78 bits per heavy atom. The van der Waals surface area contributed by atoms with Crippen molar-refractivity contribution in [1.82, 2.24) is 9.88 Å². The molecule has 2 rings (SSSR count). The molecule has 0 aliphatic heterocycles. The van der Waals surface area contributed by atoms with E-state index in [1.165, 1.54) is 4.88 Å². The predicted octanol–water partition coefficient (Wildman–Crippen LogP) is 2.77. The van der Waals surface area contributed by atoms with E-state index in [9.17, 15) is 4.79 Å². The number of pyridine rings is 1. The number of rotatable bonds is 5. The molecule has 0 atom stereocenters. The van der Waals surface area contributed by atoms with Crippen molar-refractivity contribution in [3.8, 4) is 0 Å². The smallest absolute Gasteiger partial charge is 0.186 e. The first-order valence-corrected chi connectivity index (χ1v) is 6.65. The van der Waals surface area contributed by atoms with Gasteiger partial charge in [-0.15, -0.1) is 11.3 Å². The van der Waals surface area contributed by atoms with E-state index >= 15 is 0 Å². The van der Waals surface area contributed by atoms with Crippen LogP contribution in [0.3, 0.4) is 0 Å². The molecule has 0 aliphatic carbocycles. The van der Waals surface area contributed by atoms with E-state index < -0.39 is 0 Å². The second kappa shape index (κ2) is 5.89. The number of likely N-dealkylation sites (N-methyl/N-ethyl adjacent to an activating group) is 1. The van der Waals surface area contributed by atoms with Gasteiger partial charge in [-0.1, -0.05) is 6.07 Å². The number of aromatic nitrogens is 1. The molecule has 3 nitrogen and oxygen atoms in total. The van der Waals surface area contributed by atoms with Crippen LogP contribution in [0.1, 0.15) is 20.2 Å².